The van der Waals surface area contributed by atoms with E-state index in [1.54, 1.807) is 23.4 Å². The average Bonchev–Trinajstić information content (AvgIpc) is 3.34. The van der Waals surface area contributed by atoms with Crippen molar-refractivity contribution >= 4 is 27.5 Å². The van der Waals surface area contributed by atoms with Gasteiger partial charge in [0.05, 0.1) is 28.8 Å². The van der Waals surface area contributed by atoms with Crippen LogP contribution in [-0.4, -0.2) is 48.8 Å². The number of hydrogen-bond donors (Lipinski definition) is 3. The molecule has 0 unspecified atom stereocenters. The Bertz CT molecular complexity index is 1400. The molecule has 3 aromatic carbocycles. The largest absolute Gasteiger partial charge is 0.491 e. The lowest BCUT2D eigenvalue weighted by Crippen LogP contribution is -2.32. The van der Waals surface area contributed by atoms with E-state index in [2.05, 4.69) is 22.1 Å². The zero-order valence-corrected chi connectivity index (χ0v) is 18.6. The summed E-state index contributed by atoms with van der Waals surface area (Å²) in [6, 6.07) is 17.4. The topological polar surface area (TPSA) is 98.7 Å². The van der Waals surface area contributed by atoms with E-state index in [0.717, 1.165) is 39.0 Å². The number of carbonyl (C=O) groups excluding carboxylic acids is 1. The van der Waals surface area contributed by atoms with Gasteiger partial charge in [-0.3, -0.25) is 13.9 Å². The molecular formula is C25H23N3O4S. The molecule has 2 aliphatic rings. The van der Waals surface area contributed by atoms with Crippen LogP contribution in [0.3, 0.4) is 0 Å². The molecule has 1 aromatic heterocycles. The van der Waals surface area contributed by atoms with Crippen LogP contribution in [0.2, 0.25) is 0 Å². The molecule has 3 N–H and O–H groups in total. The lowest BCUT2D eigenvalue weighted by molar-refractivity contribution is 0.0733. The van der Waals surface area contributed by atoms with Crippen LogP contribution >= 0.6 is 10.6 Å². The Morgan fingerprint density at radius 3 is 2.79 bits per heavy atom. The highest BCUT2D eigenvalue weighted by molar-refractivity contribution is 8.24. The van der Waals surface area contributed by atoms with Crippen LogP contribution in [0.25, 0.3) is 22.2 Å². The first kappa shape index (κ1) is 20.3. The Hall–Kier alpha value is -3.33. The SMILES string of the molecule is O=C(c1ccc2c(c1)CCS2(O)O)N1CCOc2ccc(-c3ccc4nc[nH]c4c3)cc2C1. The van der Waals surface area contributed by atoms with E-state index in [0.29, 0.717) is 42.3 Å². The van der Waals surface area contributed by atoms with E-state index in [1.807, 2.05) is 30.3 Å². The molecule has 8 heteroatoms. The average molecular weight is 462 g/mol. The molecule has 0 atom stereocenters. The quantitative estimate of drug-likeness (QED) is 0.393. The van der Waals surface area contributed by atoms with Gasteiger partial charge in [-0.05, 0) is 65.6 Å². The molecule has 0 aliphatic carbocycles. The van der Waals surface area contributed by atoms with Crippen molar-refractivity contribution in [2.45, 2.75) is 17.9 Å². The maximum atomic E-state index is 13.3. The van der Waals surface area contributed by atoms with Crippen molar-refractivity contribution in [3.8, 4) is 16.9 Å². The number of amides is 1. The number of nitrogens with zero attached hydrogens (tertiary/aromatic N) is 2. The number of hydrogen-bond acceptors (Lipinski definition) is 5. The molecular weight excluding hydrogens is 438 g/mol. The first-order valence-corrected chi connectivity index (χ1v) is 12.6. The lowest BCUT2D eigenvalue weighted by atomic mass is 10.0. The molecule has 0 spiro atoms. The summed E-state index contributed by atoms with van der Waals surface area (Å²) in [7, 11) is -2.71. The summed E-state index contributed by atoms with van der Waals surface area (Å²) >= 11 is 0. The second-order valence-corrected chi connectivity index (χ2v) is 10.7. The van der Waals surface area contributed by atoms with E-state index in [9.17, 15) is 13.9 Å². The number of aromatic nitrogens is 2. The molecule has 2 aliphatic heterocycles. The summed E-state index contributed by atoms with van der Waals surface area (Å²) in [5, 5.41) is 0. The van der Waals surface area contributed by atoms with Gasteiger partial charge in [0.15, 0.2) is 0 Å². The van der Waals surface area contributed by atoms with E-state index < -0.39 is 10.6 Å². The molecule has 7 nitrogen and oxygen atoms in total. The third kappa shape index (κ3) is 3.56. The molecule has 1 amide bonds. The van der Waals surface area contributed by atoms with Crippen LogP contribution in [-0.2, 0) is 13.0 Å². The van der Waals surface area contributed by atoms with E-state index in [4.69, 9.17) is 4.74 Å². The van der Waals surface area contributed by atoms with Crippen LogP contribution in [0.5, 0.6) is 5.75 Å². The zero-order chi connectivity index (χ0) is 22.6. The monoisotopic (exact) mass is 461 g/mol. The predicted molar refractivity (Wildman–Crippen MR) is 128 cm³/mol. The molecule has 33 heavy (non-hydrogen) atoms. The Labute approximate surface area is 192 Å². The standard InChI is InChI=1S/C25H23N3O4S/c29-25(19-3-6-24-18(12-19)7-10-33(24,30)31)28-8-9-32-23-5-2-16(11-20(23)14-28)17-1-4-21-22(13-17)27-15-26-21/h1-6,11-13,15,30-31H,7-10,14H2,(H,26,27). The lowest BCUT2D eigenvalue weighted by Gasteiger charge is -2.27. The van der Waals surface area contributed by atoms with Crippen molar-refractivity contribution in [3.63, 3.8) is 0 Å². The van der Waals surface area contributed by atoms with Gasteiger partial charge in [0.1, 0.15) is 12.4 Å². The second kappa shape index (κ2) is 7.62. The molecule has 0 saturated heterocycles. The molecule has 0 fully saturated rings. The highest BCUT2D eigenvalue weighted by Gasteiger charge is 2.29. The number of imidazole rings is 1. The van der Waals surface area contributed by atoms with Crippen molar-refractivity contribution in [1.29, 1.82) is 0 Å². The minimum absolute atomic E-state index is 0.0816. The molecule has 3 heterocycles. The van der Waals surface area contributed by atoms with Crippen LogP contribution in [0.1, 0.15) is 21.5 Å². The Morgan fingerprint density at radius 2 is 1.88 bits per heavy atom. The fourth-order valence-corrected chi connectivity index (χ4v) is 6.23. The molecule has 4 aromatic rings. The van der Waals surface area contributed by atoms with Crippen LogP contribution in [0, 0.1) is 0 Å². The fraction of sp³-hybridized carbons (Fsp3) is 0.200. The van der Waals surface area contributed by atoms with Crippen LogP contribution in [0.15, 0.2) is 65.8 Å². The number of carbonyl (C=O) groups is 1. The Morgan fingerprint density at radius 1 is 1.03 bits per heavy atom. The smallest absolute Gasteiger partial charge is 0.254 e. The van der Waals surface area contributed by atoms with Crippen molar-refractivity contribution < 1.29 is 18.6 Å². The number of fused-ring (bicyclic) bond motifs is 3. The van der Waals surface area contributed by atoms with Crippen LogP contribution in [0.4, 0.5) is 0 Å². The summed E-state index contributed by atoms with van der Waals surface area (Å²) in [6.07, 6.45) is 2.26. The van der Waals surface area contributed by atoms with Gasteiger partial charge in [-0.2, -0.15) is 10.6 Å². The summed E-state index contributed by atoms with van der Waals surface area (Å²) in [5.41, 5.74) is 6.38. The van der Waals surface area contributed by atoms with Gasteiger partial charge in [-0.1, -0.05) is 12.1 Å². The molecule has 0 radical (unpaired) electrons. The predicted octanol–water partition coefficient (Wildman–Crippen LogP) is 4.93. The number of rotatable bonds is 2. The first-order chi connectivity index (χ1) is 16.0. The second-order valence-electron chi connectivity index (χ2n) is 8.48. The normalized spacial score (nSPS) is 17.7. The van der Waals surface area contributed by atoms with Crippen LogP contribution < -0.4 is 4.74 Å². The first-order valence-electron chi connectivity index (χ1n) is 10.9. The number of ether oxygens (including phenoxy) is 1. The van der Waals surface area contributed by atoms with Gasteiger partial charge < -0.3 is 14.6 Å². The number of H-pyrrole nitrogens is 1. The van der Waals surface area contributed by atoms with Gasteiger partial charge in [-0.25, -0.2) is 4.98 Å². The maximum absolute atomic E-state index is 13.3. The number of aromatic amines is 1. The van der Waals surface area contributed by atoms with Gasteiger partial charge in [0.2, 0.25) is 0 Å². The maximum Gasteiger partial charge on any atom is 0.254 e. The van der Waals surface area contributed by atoms with E-state index in [1.165, 1.54) is 0 Å². The summed E-state index contributed by atoms with van der Waals surface area (Å²) < 4.78 is 26.3. The van der Waals surface area contributed by atoms with E-state index >= 15 is 0 Å². The van der Waals surface area contributed by atoms with Crippen molar-refractivity contribution in [2.24, 2.45) is 0 Å². The summed E-state index contributed by atoms with van der Waals surface area (Å²) in [6.45, 7) is 1.35. The summed E-state index contributed by atoms with van der Waals surface area (Å²) in [4.78, 5) is 23.1. The van der Waals surface area contributed by atoms with Gasteiger partial charge in [-0.15, -0.1) is 0 Å². The summed E-state index contributed by atoms with van der Waals surface area (Å²) in [5.74, 6) is 1.04. The highest BCUT2D eigenvalue weighted by Crippen LogP contribution is 2.55. The minimum atomic E-state index is -2.71. The minimum Gasteiger partial charge on any atom is -0.491 e. The Kier molecular flexibility index (Phi) is 4.69. The molecule has 0 bridgehead atoms. The zero-order valence-electron chi connectivity index (χ0n) is 17.8. The van der Waals surface area contributed by atoms with Gasteiger partial charge >= 0.3 is 0 Å². The fourth-order valence-electron chi connectivity index (χ4n) is 4.63. The van der Waals surface area contributed by atoms with E-state index in [-0.39, 0.29) is 5.91 Å². The third-order valence-corrected chi connectivity index (χ3v) is 8.27. The molecule has 0 saturated carbocycles. The number of benzene rings is 3. The highest BCUT2D eigenvalue weighted by atomic mass is 32.3. The molecule has 168 valence electrons. The van der Waals surface area contributed by atoms with Gasteiger partial charge in [0, 0.05) is 23.4 Å². The number of nitrogens with one attached hydrogen (secondary N) is 1. The van der Waals surface area contributed by atoms with Gasteiger partial charge in [0.25, 0.3) is 5.91 Å². The van der Waals surface area contributed by atoms with Crippen molar-refractivity contribution in [1.82, 2.24) is 14.9 Å². The van der Waals surface area contributed by atoms with Crippen molar-refractivity contribution in [2.75, 3.05) is 18.9 Å². The third-order valence-electron chi connectivity index (χ3n) is 6.40. The van der Waals surface area contributed by atoms with Crippen molar-refractivity contribution in [3.05, 3.63) is 77.6 Å². The molecule has 6 rings (SSSR count). The Balaban J connectivity index is 1.29. The number of aryl methyl sites for hydroxylation is 1.